The number of Topliss-reactive ketones (excluding diaryl/α,β-unsaturated/α-hetero) is 1. The van der Waals surface area contributed by atoms with Crippen LogP contribution < -0.4 is 0 Å². The Morgan fingerprint density at radius 2 is 2.27 bits per heavy atom. The standard InChI is InChI=1S/C8H12O3/c1-2-11-8-6(9)4-3-5-7(8)10/h9H,2-5H2,1H3. The summed E-state index contributed by atoms with van der Waals surface area (Å²) < 4.78 is 4.99. The van der Waals surface area contributed by atoms with Crippen LogP contribution in [0.3, 0.4) is 0 Å². The number of carbonyl (C=O) groups is 1. The third kappa shape index (κ3) is 1.73. The van der Waals surface area contributed by atoms with Crippen LogP contribution in [-0.2, 0) is 9.53 Å². The summed E-state index contributed by atoms with van der Waals surface area (Å²) in [7, 11) is 0. The Kier molecular flexibility index (Phi) is 2.52. The van der Waals surface area contributed by atoms with E-state index in [0.29, 0.717) is 19.4 Å². The Hall–Kier alpha value is -0.990. The molecule has 0 heterocycles. The predicted molar refractivity (Wildman–Crippen MR) is 40.1 cm³/mol. The molecule has 1 aliphatic carbocycles. The van der Waals surface area contributed by atoms with Gasteiger partial charge in [-0.15, -0.1) is 0 Å². The molecule has 3 nitrogen and oxygen atoms in total. The van der Waals surface area contributed by atoms with Crippen molar-refractivity contribution < 1.29 is 14.6 Å². The average Bonchev–Trinajstić information content (AvgIpc) is 1.97. The molecular weight excluding hydrogens is 144 g/mol. The van der Waals surface area contributed by atoms with E-state index in [1.54, 1.807) is 6.92 Å². The van der Waals surface area contributed by atoms with E-state index in [4.69, 9.17) is 4.74 Å². The van der Waals surface area contributed by atoms with E-state index in [-0.39, 0.29) is 17.3 Å². The highest BCUT2D eigenvalue weighted by molar-refractivity contribution is 5.94. The zero-order chi connectivity index (χ0) is 8.27. The Balaban J connectivity index is 2.74. The van der Waals surface area contributed by atoms with E-state index in [1.165, 1.54) is 0 Å². The average molecular weight is 156 g/mol. The maximum atomic E-state index is 11.1. The molecule has 0 spiro atoms. The van der Waals surface area contributed by atoms with Gasteiger partial charge in [-0.3, -0.25) is 4.79 Å². The topological polar surface area (TPSA) is 46.5 Å². The molecule has 62 valence electrons. The Morgan fingerprint density at radius 1 is 1.55 bits per heavy atom. The van der Waals surface area contributed by atoms with Crippen molar-refractivity contribution in [1.29, 1.82) is 0 Å². The minimum atomic E-state index is -0.0735. The minimum Gasteiger partial charge on any atom is -0.508 e. The maximum absolute atomic E-state index is 11.1. The van der Waals surface area contributed by atoms with Gasteiger partial charge in [0.05, 0.1) is 6.61 Å². The van der Waals surface area contributed by atoms with Crippen LogP contribution in [0.2, 0.25) is 0 Å². The molecule has 0 aromatic rings. The molecule has 1 aliphatic rings. The highest BCUT2D eigenvalue weighted by atomic mass is 16.5. The van der Waals surface area contributed by atoms with Gasteiger partial charge in [-0.25, -0.2) is 0 Å². The number of aliphatic hydroxyl groups excluding tert-OH is 1. The zero-order valence-electron chi connectivity index (χ0n) is 6.59. The highest BCUT2D eigenvalue weighted by Crippen LogP contribution is 2.20. The van der Waals surface area contributed by atoms with Crippen LogP contribution >= 0.6 is 0 Å². The van der Waals surface area contributed by atoms with Crippen molar-refractivity contribution in [3.8, 4) is 0 Å². The fourth-order valence-electron chi connectivity index (χ4n) is 1.11. The first-order valence-electron chi connectivity index (χ1n) is 3.83. The summed E-state index contributed by atoms with van der Waals surface area (Å²) in [6, 6.07) is 0. The number of ketones is 1. The second-order valence-electron chi connectivity index (χ2n) is 2.49. The fourth-order valence-corrected chi connectivity index (χ4v) is 1.11. The van der Waals surface area contributed by atoms with Crippen molar-refractivity contribution in [3.05, 3.63) is 11.5 Å². The van der Waals surface area contributed by atoms with Gasteiger partial charge in [-0.1, -0.05) is 0 Å². The van der Waals surface area contributed by atoms with Gasteiger partial charge >= 0.3 is 0 Å². The van der Waals surface area contributed by atoms with Crippen LogP contribution in [0.15, 0.2) is 11.5 Å². The van der Waals surface area contributed by atoms with Crippen molar-refractivity contribution in [2.75, 3.05) is 6.61 Å². The second kappa shape index (κ2) is 3.42. The molecule has 0 aromatic carbocycles. The summed E-state index contributed by atoms with van der Waals surface area (Å²) in [4.78, 5) is 11.1. The SMILES string of the molecule is CCOC1=C(O)CCCC1=O. The molecule has 0 radical (unpaired) electrons. The van der Waals surface area contributed by atoms with Crippen molar-refractivity contribution >= 4 is 5.78 Å². The molecule has 0 saturated heterocycles. The molecule has 1 N–H and O–H groups in total. The number of carbonyl (C=O) groups excluding carboxylic acids is 1. The summed E-state index contributed by atoms with van der Waals surface area (Å²) in [5.41, 5.74) is 0. The number of ether oxygens (including phenoxy) is 1. The van der Waals surface area contributed by atoms with Gasteiger partial charge in [-0.2, -0.15) is 0 Å². The van der Waals surface area contributed by atoms with E-state index in [1.807, 2.05) is 0 Å². The first-order valence-corrected chi connectivity index (χ1v) is 3.83. The van der Waals surface area contributed by atoms with Crippen LogP contribution in [0.25, 0.3) is 0 Å². The molecule has 0 aliphatic heterocycles. The quantitative estimate of drug-likeness (QED) is 0.659. The molecule has 0 atom stereocenters. The second-order valence-corrected chi connectivity index (χ2v) is 2.49. The molecular formula is C8H12O3. The lowest BCUT2D eigenvalue weighted by Gasteiger charge is -2.14. The summed E-state index contributed by atoms with van der Waals surface area (Å²) in [5, 5.41) is 9.20. The first-order chi connectivity index (χ1) is 5.25. The summed E-state index contributed by atoms with van der Waals surface area (Å²) >= 11 is 0. The molecule has 11 heavy (non-hydrogen) atoms. The van der Waals surface area contributed by atoms with Crippen LogP contribution in [0.4, 0.5) is 0 Å². The molecule has 0 bridgehead atoms. The highest BCUT2D eigenvalue weighted by Gasteiger charge is 2.20. The van der Waals surface area contributed by atoms with Gasteiger partial charge in [0.2, 0.25) is 5.78 Å². The monoisotopic (exact) mass is 156 g/mol. The number of hydrogen-bond acceptors (Lipinski definition) is 3. The van der Waals surface area contributed by atoms with Crippen LogP contribution in [-0.4, -0.2) is 17.5 Å². The smallest absolute Gasteiger partial charge is 0.200 e. The van der Waals surface area contributed by atoms with Crippen LogP contribution in [0.1, 0.15) is 26.2 Å². The molecule has 0 aromatic heterocycles. The molecule has 0 amide bonds. The van der Waals surface area contributed by atoms with E-state index < -0.39 is 0 Å². The Labute approximate surface area is 65.7 Å². The molecule has 3 heteroatoms. The summed E-state index contributed by atoms with van der Waals surface area (Å²) in [6.45, 7) is 2.23. The number of allylic oxidation sites excluding steroid dienone is 2. The summed E-state index contributed by atoms with van der Waals surface area (Å²) in [6.07, 6.45) is 1.81. The molecule has 0 saturated carbocycles. The van der Waals surface area contributed by atoms with Gasteiger partial charge in [0.15, 0.2) is 5.76 Å². The summed E-state index contributed by atoms with van der Waals surface area (Å²) in [5.74, 6) is 0.220. The Morgan fingerprint density at radius 3 is 2.82 bits per heavy atom. The third-order valence-electron chi connectivity index (χ3n) is 1.62. The molecule has 0 fully saturated rings. The lowest BCUT2D eigenvalue weighted by Crippen LogP contribution is -2.14. The third-order valence-corrected chi connectivity index (χ3v) is 1.62. The van der Waals surface area contributed by atoms with E-state index in [0.717, 1.165) is 6.42 Å². The first kappa shape index (κ1) is 8.11. The van der Waals surface area contributed by atoms with Gasteiger partial charge in [0.1, 0.15) is 5.76 Å². The van der Waals surface area contributed by atoms with Gasteiger partial charge in [0.25, 0.3) is 0 Å². The number of aliphatic hydroxyl groups is 1. The molecule has 0 unspecified atom stereocenters. The number of rotatable bonds is 2. The fraction of sp³-hybridized carbons (Fsp3) is 0.625. The normalized spacial score (nSPS) is 18.8. The molecule has 1 rings (SSSR count). The lowest BCUT2D eigenvalue weighted by molar-refractivity contribution is -0.120. The maximum Gasteiger partial charge on any atom is 0.200 e. The van der Waals surface area contributed by atoms with Crippen LogP contribution in [0.5, 0.6) is 0 Å². The van der Waals surface area contributed by atoms with Gasteiger partial charge < -0.3 is 9.84 Å². The minimum absolute atomic E-state index is 0.0735. The van der Waals surface area contributed by atoms with Crippen molar-refractivity contribution in [2.24, 2.45) is 0 Å². The number of hydrogen-bond donors (Lipinski definition) is 1. The van der Waals surface area contributed by atoms with E-state index in [2.05, 4.69) is 0 Å². The Bertz CT molecular complexity index is 194. The van der Waals surface area contributed by atoms with Gasteiger partial charge in [-0.05, 0) is 13.3 Å². The largest absolute Gasteiger partial charge is 0.508 e. The lowest BCUT2D eigenvalue weighted by atomic mass is 10.0. The van der Waals surface area contributed by atoms with Crippen molar-refractivity contribution in [1.82, 2.24) is 0 Å². The van der Waals surface area contributed by atoms with Crippen LogP contribution in [0, 0.1) is 0 Å². The van der Waals surface area contributed by atoms with Gasteiger partial charge in [0, 0.05) is 12.8 Å². The van der Waals surface area contributed by atoms with Crippen molar-refractivity contribution in [3.63, 3.8) is 0 Å². The van der Waals surface area contributed by atoms with Crippen molar-refractivity contribution in [2.45, 2.75) is 26.2 Å². The zero-order valence-corrected chi connectivity index (χ0v) is 6.59. The van der Waals surface area contributed by atoms with E-state index in [9.17, 15) is 9.90 Å². The predicted octanol–water partition coefficient (Wildman–Crippen LogP) is 1.55. The van der Waals surface area contributed by atoms with E-state index >= 15 is 0 Å².